The second kappa shape index (κ2) is 9.28. The third-order valence-electron chi connectivity index (χ3n) is 4.79. The van der Waals surface area contributed by atoms with E-state index in [2.05, 4.69) is 25.7 Å². The normalized spacial score (nSPS) is 13.7. The third kappa shape index (κ3) is 5.27. The van der Waals surface area contributed by atoms with Gasteiger partial charge in [0.1, 0.15) is 5.52 Å². The van der Waals surface area contributed by atoms with Crippen molar-refractivity contribution in [1.82, 2.24) is 34.9 Å². The Bertz CT molecular complexity index is 1220. The predicted octanol–water partition coefficient (Wildman–Crippen LogP) is 1.85. The molecule has 0 spiro atoms. The number of alkyl halides is 6. The number of aromatic nitrogens is 5. The number of fused-ring (bicyclic) bond motifs is 2. The Hall–Kier alpha value is -3.69. The second-order valence-electron chi connectivity index (χ2n) is 7.05. The summed E-state index contributed by atoms with van der Waals surface area (Å²) in [6, 6.07) is 0. The molecule has 0 aliphatic carbocycles. The number of carboxylic acid groups (broad SMARTS) is 1. The number of nitrogens with one attached hydrogen (secondary N) is 2. The Labute approximate surface area is 186 Å². The van der Waals surface area contributed by atoms with Gasteiger partial charge in [0.15, 0.2) is 0 Å². The fourth-order valence-corrected chi connectivity index (χ4v) is 3.25. The van der Waals surface area contributed by atoms with Crippen LogP contribution in [0.5, 0.6) is 0 Å². The summed E-state index contributed by atoms with van der Waals surface area (Å²) in [5.74, 6) is -4.35. The van der Waals surface area contributed by atoms with E-state index in [4.69, 9.17) is 9.90 Å². The molecular weight excluding hydrogens is 476 g/mol. The quantitative estimate of drug-likeness (QED) is 0.476. The van der Waals surface area contributed by atoms with Gasteiger partial charge in [-0.05, 0) is 0 Å². The van der Waals surface area contributed by atoms with Crippen LogP contribution in [0.1, 0.15) is 27.4 Å². The molecule has 0 saturated heterocycles. The van der Waals surface area contributed by atoms with Crippen molar-refractivity contribution in [3.8, 4) is 0 Å². The maximum absolute atomic E-state index is 13.1. The number of carbonyl (C=O) groups is 2. The van der Waals surface area contributed by atoms with Crippen LogP contribution in [0.4, 0.5) is 26.3 Å². The number of hydrogen-bond acceptors (Lipinski definition) is 6. The minimum Gasteiger partial charge on any atom is -0.475 e. The van der Waals surface area contributed by atoms with Crippen molar-refractivity contribution in [2.24, 2.45) is 7.05 Å². The number of imidazole rings is 1. The monoisotopic (exact) mass is 493 g/mol. The van der Waals surface area contributed by atoms with Gasteiger partial charge in [-0.3, -0.25) is 14.5 Å². The van der Waals surface area contributed by atoms with Crippen LogP contribution in [0, 0.1) is 0 Å². The van der Waals surface area contributed by atoms with Gasteiger partial charge in [0.05, 0.1) is 35.7 Å². The van der Waals surface area contributed by atoms with E-state index in [0.29, 0.717) is 6.54 Å². The molecule has 10 nitrogen and oxygen atoms in total. The van der Waals surface area contributed by atoms with Gasteiger partial charge in [-0.1, -0.05) is 0 Å². The maximum atomic E-state index is 13.1. The molecule has 0 bridgehead atoms. The van der Waals surface area contributed by atoms with Crippen LogP contribution in [-0.2, 0) is 37.7 Å². The van der Waals surface area contributed by atoms with Crippen LogP contribution < -0.4 is 10.6 Å². The number of carbonyl (C=O) groups excluding carboxylic acids is 1. The van der Waals surface area contributed by atoms with Crippen LogP contribution in [0.3, 0.4) is 0 Å². The predicted molar refractivity (Wildman–Crippen MR) is 102 cm³/mol. The van der Waals surface area contributed by atoms with E-state index in [0.717, 1.165) is 28.9 Å². The average molecular weight is 493 g/mol. The fraction of sp³-hybridized carbons (Fsp3) is 0.389. The van der Waals surface area contributed by atoms with Gasteiger partial charge in [0.2, 0.25) is 5.82 Å². The van der Waals surface area contributed by atoms with E-state index < -0.39 is 30.1 Å². The number of aryl methyl sites for hydroxylation is 1. The van der Waals surface area contributed by atoms with Gasteiger partial charge in [-0.2, -0.15) is 31.4 Å². The zero-order chi connectivity index (χ0) is 25.3. The first-order valence-electron chi connectivity index (χ1n) is 9.51. The number of carboxylic acids is 1. The van der Waals surface area contributed by atoms with E-state index in [-0.39, 0.29) is 23.1 Å². The highest BCUT2D eigenvalue weighted by molar-refractivity contribution is 6.04. The average Bonchev–Trinajstić information content (AvgIpc) is 3.33. The van der Waals surface area contributed by atoms with Gasteiger partial charge in [0, 0.05) is 38.4 Å². The Morgan fingerprint density at radius 3 is 2.47 bits per heavy atom. The smallest absolute Gasteiger partial charge is 0.475 e. The lowest BCUT2D eigenvalue weighted by Crippen LogP contribution is -2.30. The van der Waals surface area contributed by atoms with Gasteiger partial charge >= 0.3 is 18.3 Å². The topological polar surface area (TPSA) is 127 Å². The molecule has 1 aliphatic heterocycles. The zero-order valence-corrected chi connectivity index (χ0v) is 17.3. The highest BCUT2D eigenvalue weighted by Crippen LogP contribution is 2.31. The molecule has 4 rings (SSSR count). The van der Waals surface area contributed by atoms with Crippen molar-refractivity contribution < 1.29 is 41.0 Å². The molecule has 0 radical (unpaired) electrons. The summed E-state index contributed by atoms with van der Waals surface area (Å²) in [5, 5.41) is 17.4. The molecule has 184 valence electrons. The first kappa shape index (κ1) is 24.9. The van der Waals surface area contributed by atoms with Crippen LogP contribution >= 0.6 is 0 Å². The summed E-state index contributed by atoms with van der Waals surface area (Å²) >= 11 is 0. The molecule has 1 amide bonds. The van der Waals surface area contributed by atoms with Gasteiger partial charge in [-0.15, -0.1) is 0 Å². The third-order valence-corrected chi connectivity index (χ3v) is 4.79. The van der Waals surface area contributed by atoms with Gasteiger partial charge in [-0.25, -0.2) is 9.78 Å². The standard InChI is InChI=1S/C16H16F3N7O.C2HF3O2/c1-25-13-10(6-21-7-11(13)24-15(25)16(17,18)19)14(27)22-4-9-5-23-26-3-2-20-8-12(9)26;3-2(4,5)1(6)7/h5-7,20H,2-4,8H2,1H3,(H,22,27);(H,6,7). The van der Waals surface area contributed by atoms with Crippen molar-refractivity contribution >= 4 is 22.9 Å². The first-order valence-corrected chi connectivity index (χ1v) is 9.51. The summed E-state index contributed by atoms with van der Waals surface area (Å²) in [6.07, 6.45) is -5.56. The van der Waals surface area contributed by atoms with E-state index in [1.54, 1.807) is 6.20 Å². The Kier molecular flexibility index (Phi) is 6.81. The Morgan fingerprint density at radius 1 is 1.18 bits per heavy atom. The minimum atomic E-state index is -5.08. The summed E-state index contributed by atoms with van der Waals surface area (Å²) in [5.41, 5.74) is 1.99. The number of halogens is 6. The fourth-order valence-electron chi connectivity index (χ4n) is 3.25. The summed E-state index contributed by atoms with van der Waals surface area (Å²) < 4.78 is 73.8. The molecule has 0 fully saturated rings. The number of aliphatic carboxylic acids is 1. The van der Waals surface area contributed by atoms with Crippen LogP contribution in [-0.4, -0.2) is 54.0 Å². The van der Waals surface area contributed by atoms with E-state index in [9.17, 15) is 31.1 Å². The van der Waals surface area contributed by atoms with E-state index >= 15 is 0 Å². The molecule has 0 aromatic carbocycles. The molecule has 3 aromatic heterocycles. The second-order valence-corrected chi connectivity index (χ2v) is 7.05. The van der Waals surface area contributed by atoms with Crippen molar-refractivity contribution in [2.45, 2.75) is 32.0 Å². The first-order chi connectivity index (χ1) is 15.8. The molecule has 0 atom stereocenters. The number of hydrogen-bond donors (Lipinski definition) is 3. The molecule has 0 unspecified atom stereocenters. The van der Waals surface area contributed by atoms with Crippen molar-refractivity contribution in [3.05, 3.63) is 41.2 Å². The molecule has 16 heteroatoms. The highest BCUT2D eigenvalue weighted by Gasteiger charge is 2.38. The van der Waals surface area contributed by atoms with Crippen LogP contribution in [0.2, 0.25) is 0 Å². The molecule has 3 N–H and O–H groups in total. The molecule has 4 heterocycles. The molecule has 1 aliphatic rings. The van der Waals surface area contributed by atoms with Crippen molar-refractivity contribution in [1.29, 1.82) is 0 Å². The zero-order valence-electron chi connectivity index (χ0n) is 17.3. The lowest BCUT2D eigenvalue weighted by Gasteiger charge is -2.16. The number of pyridine rings is 1. The Balaban J connectivity index is 0.000000406. The molecule has 0 saturated carbocycles. The van der Waals surface area contributed by atoms with Crippen LogP contribution in [0.15, 0.2) is 18.6 Å². The number of nitrogens with zero attached hydrogens (tertiary/aromatic N) is 5. The lowest BCUT2D eigenvalue weighted by molar-refractivity contribution is -0.192. The molecular formula is C18H17F6N7O3. The number of amides is 1. The largest absolute Gasteiger partial charge is 0.490 e. The summed E-state index contributed by atoms with van der Waals surface area (Å²) in [6.45, 7) is 2.45. The van der Waals surface area contributed by atoms with E-state index in [1.807, 2.05) is 4.68 Å². The van der Waals surface area contributed by atoms with Crippen molar-refractivity contribution in [3.63, 3.8) is 0 Å². The van der Waals surface area contributed by atoms with Crippen LogP contribution in [0.25, 0.3) is 11.0 Å². The van der Waals surface area contributed by atoms with Crippen molar-refractivity contribution in [2.75, 3.05) is 6.54 Å². The summed E-state index contributed by atoms with van der Waals surface area (Å²) in [7, 11) is 1.23. The van der Waals surface area contributed by atoms with E-state index in [1.165, 1.54) is 19.4 Å². The van der Waals surface area contributed by atoms with Gasteiger partial charge in [0.25, 0.3) is 5.91 Å². The maximum Gasteiger partial charge on any atom is 0.490 e. The highest BCUT2D eigenvalue weighted by atomic mass is 19.4. The minimum absolute atomic E-state index is 0.0181. The lowest BCUT2D eigenvalue weighted by atomic mass is 10.2. The molecule has 3 aromatic rings. The summed E-state index contributed by atoms with van der Waals surface area (Å²) in [4.78, 5) is 28.9. The Morgan fingerprint density at radius 2 is 1.85 bits per heavy atom. The molecule has 34 heavy (non-hydrogen) atoms. The van der Waals surface area contributed by atoms with Gasteiger partial charge < -0.3 is 20.3 Å². The number of rotatable bonds is 3. The SMILES string of the molecule is Cn1c(C(F)(F)F)nc2cncc(C(=O)NCc3cnn4c3CNCC4)c21.O=C(O)C(F)(F)F.